The molecule has 0 fully saturated rings. The van der Waals surface area contributed by atoms with Crippen LogP contribution in [0.25, 0.3) is 0 Å². The SMILES string of the molecule is CNC(Cc1c(F)cccc1F)c1ccc(Cl)c(Cl)c1. The fourth-order valence-corrected chi connectivity index (χ4v) is 2.35. The zero-order valence-corrected chi connectivity index (χ0v) is 12.3. The molecular formula is C15H13Cl2F2N. The van der Waals surface area contributed by atoms with Crippen LogP contribution in [0.4, 0.5) is 8.78 Å². The van der Waals surface area contributed by atoms with E-state index in [1.165, 1.54) is 18.2 Å². The van der Waals surface area contributed by atoms with E-state index in [1.807, 2.05) is 0 Å². The second kappa shape index (κ2) is 6.53. The number of likely N-dealkylation sites (N-methyl/N-ethyl adjacent to an activating group) is 1. The Bertz CT molecular complexity index is 597. The molecule has 0 radical (unpaired) electrons. The van der Waals surface area contributed by atoms with Gasteiger partial charge in [0.05, 0.1) is 10.0 Å². The van der Waals surface area contributed by atoms with Crippen LogP contribution in [0.1, 0.15) is 17.2 Å². The molecule has 2 aromatic carbocycles. The molecule has 0 amide bonds. The standard InChI is InChI=1S/C15H13Cl2F2N/c1-20-15(9-5-6-11(16)12(17)7-9)8-10-13(18)3-2-4-14(10)19/h2-7,15,20H,8H2,1H3. The highest BCUT2D eigenvalue weighted by Gasteiger charge is 2.16. The molecule has 5 heteroatoms. The lowest BCUT2D eigenvalue weighted by molar-refractivity contribution is 0.515. The summed E-state index contributed by atoms with van der Waals surface area (Å²) in [7, 11) is 1.73. The number of hydrogen-bond acceptors (Lipinski definition) is 1. The van der Waals surface area contributed by atoms with Crippen molar-refractivity contribution in [3.63, 3.8) is 0 Å². The van der Waals surface area contributed by atoms with Crippen molar-refractivity contribution in [1.29, 1.82) is 0 Å². The number of nitrogens with one attached hydrogen (secondary N) is 1. The first-order chi connectivity index (χ1) is 9.52. The van der Waals surface area contributed by atoms with Crippen molar-refractivity contribution in [3.8, 4) is 0 Å². The van der Waals surface area contributed by atoms with E-state index in [0.717, 1.165) is 5.56 Å². The quantitative estimate of drug-likeness (QED) is 0.856. The summed E-state index contributed by atoms with van der Waals surface area (Å²) in [4.78, 5) is 0. The Hall–Kier alpha value is -1.16. The largest absolute Gasteiger partial charge is 0.313 e. The van der Waals surface area contributed by atoms with Crippen LogP contribution in [0.5, 0.6) is 0 Å². The van der Waals surface area contributed by atoms with Crippen molar-refractivity contribution in [1.82, 2.24) is 5.32 Å². The van der Waals surface area contributed by atoms with Crippen LogP contribution in [0.15, 0.2) is 36.4 Å². The summed E-state index contributed by atoms with van der Waals surface area (Å²) in [6, 6.07) is 8.75. The van der Waals surface area contributed by atoms with Crippen LogP contribution in [-0.2, 0) is 6.42 Å². The van der Waals surface area contributed by atoms with Crippen LogP contribution in [0, 0.1) is 11.6 Å². The Morgan fingerprint density at radius 3 is 2.25 bits per heavy atom. The topological polar surface area (TPSA) is 12.0 Å². The molecule has 106 valence electrons. The summed E-state index contributed by atoms with van der Waals surface area (Å²) < 4.78 is 27.4. The van der Waals surface area contributed by atoms with E-state index in [9.17, 15) is 8.78 Å². The van der Waals surface area contributed by atoms with Gasteiger partial charge in [-0.1, -0.05) is 35.3 Å². The Morgan fingerprint density at radius 2 is 1.70 bits per heavy atom. The minimum absolute atomic E-state index is 0.0536. The molecule has 0 aliphatic rings. The molecule has 0 bridgehead atoms. The Balaban J connectivity index is 2.31. The summed E-state index contributed by atoms with van der Waals surface area (Å²) in [5.74, 6) is -1.10. The minimum Gasteiger partial charge on any atom is -0.313 e. The molecule has 0 aliphatic carbocycles. The first kappa shape index (κ1) is 15.2. The van der Waals surface area contributed by atoms with E-state index in [4.69, 9.17) is 23.2 Å². The summed E-state index contributed by atoms with van der Waals surface area (Å²) in [6.07, 6.45) is 0.187. The third kappa shape index (κ3) is 3.29. The zero-order chi connectivity index (χ0) is 14.7. The third-order valence-corrected chi connectivity index (χ3v) is 3.90. The Morgan fingerprint density at radius 1 is 1.05 bits per heavy atom. The molecule has 1 unspecified atom stereocenters. The summed E-state index contributed by atoms with van der Waals surface area (Å²) >= 11 is 11.8. The van der Waals surface area contributed by atoms with Gasteiger partial charge in [0, 0.05) is 11.6 Å². The number of rotatable bonds is 4. The van der Waals surface area contributed by atoms with E-state index >= 15 is 0 Å². The molecule has 0 spiro atoms. The maximum absolute atomic E-state index is 13.7. The minimum atomic E-state index is -0.551. The highest BCUT2D eigenvalue weighted by atomic mass is 35.5. The first-order valence-corrected chi connectivity index (χ1v) is 6.83. The number of hydrogen-bond donors (Lipinski definition) is 1. The summed E-state index contributed by atoms with van der Waals surface area (Å²) in [6.45, 7) is 0. The first-order valence-electron chi connectivity index (χ1n) is 6.08. The Labute approximate surface area is 126 Å². The van der Waals surface area contributed by atoms with Gasteiger partial charge < -0.3 is 5.32 Å². The van der Waals surface area contributed by atoms with Gasteiger partial charge in [0.25, 0.3) is 0 Å². The maximum Gasteiger partial charge on any atom is 0.129 e. The smallest absolute Gasteiger partial charge is 0.129 e. The van der Waals surface area contributed by atoms with E-state index in [2.05, 4.69) is 5.32 Å². The molecule has 0 saturated heterocycles. The predicted molar refractivity (Wildman–Crippen MR) is 78.3 cm³/mol. The summed E-state index contributed by atoms with van der Waals surface area (Å²) in [5, 5.41) is 3.89. The molecule has 20 heavy (non-hydrogen) atoms. The van der Waals surface area contributed by atoms with Crippen LogP contribution in [0.3, 0.4) is 0 Å². The molecule has 1 N–H and O–H groups in total. The Kier molecular flexibility index (Phi) is 4.97. The lowest BCUT2D eigenvalue weighted by atomic mass is 9.98. The van der Waals surface area contributed by atoms with Crippen molar-refractivity contribution in [2.75, 3.05) is 7.05 Å². The third-order valence-electron chi connectivity index (χ3n) is 3.16. The fourth-order valence-electron chi connectivity index (χ4n) is 2.05. The van der Waals surface area contributed by atoms with Crippen LogP contribution >= 0.6 is 23.2 Å². The van der Waals surface area contributed by atoms with Gasteiger partial charge >= 0.3 is 0 Å². The van der Waals surface area contributed by atoms with Gasteiger partial charge in [-0.15, -0.1) is 0 Å². The molecule has 0 aliphatic heterocycles. The van der Waals surface area contributed by atoms with E-state index in [0.29, 0.717) is 10.0 Å². The van der Waals surface area contributed by atoms with Gasteiger partial charge in [0.2, 0.25) is 0 Å². The lowest BCUT2D eigenvalue weighted by Crippen LogP contribution is -2.20. The van der Waals surface area contributed by atoms with Gasteiger partial charge in [-0.05, 0) is 43.3 Å². The maximum atomic E-state index is 13.7. The van der Waals surface area contributed by atoms with Gasteiger partial charge in [-0.3, -0.25) is 0 Å². The predicted octanol–water partition coefficient (Wildman–Crippen LogP) is 4.77. The molecule has 1 nitrogen and oxygen atoms in total. The molecule has 0 saturated carbocycles. The monoisotopic (exact) mass is 315 g/mol. The molecule has 0 aromatic heterocycles. The lowest BCUT2D eigenvalue weighted by Gasteiger charge is -2.18. The zero-order valence-electron chi connectivity index (χ0n) is 10.8. The van der Waals surface area contributed by atoms with Crippen molar-refractivity contribution >= 4 is 23.2 Å². The van der Waals surface area contributed by atoms with Crippen LogP contribution in [-0.4, -0.2) is 7.05 Å². The molecule has 2 aromatic rings. The molecule has 0 heterocycles. The van der Waals surface area contributed by atoms with Gasteiger partial charge in [0.1, 0.15) is 11.6 Å². The molecule has 1 atom stereocenters. The highest BCUT2D eigenvalue weighted by molar-refractivity contribution is 6.42. The fraction of sp³-hybridized carbons (Fsp3) is 0.200. The van der Waals surface area contributed by atoms with E-state index in [1.54, 1.807) is 25.2 Å². The molecule has 2 rings (SSSR count). The second-order valence-corrected chi connectivity index (χ2v) is 5.23. The number of benzene rings is 2. The second-order valence-electron chi connectivity index (χ2n) is 4.42. The van der Waals surface area contributed by atoms with Gasteiger partial charge in [0.15, 0.2) is 0 Å². The van der Waals surface area contributed by atoms with Crippen molar-refractivity contribution in [2.45, 2.75) is 12.5 Å². The highest BCUT2D eigenvalue weighted by Crippen LogP contribution is 2.28. The van der Waals surface area contributed by atoms with Crippen LogP contribution in [0.2, 0.25) is 10.0 Å². The summed E-state index contributed by atoms with van der Waals surface area (Å²) in [5.41, 5.74) is 0.877. The van der Waals surface area contributed by atoms with Crippen molar-refractivity contribution in [3.05, 3.63) is 69.2 Å². The van der Waals surface area contributed by atoms with Gasteiger partial charge in [-0.25, -0.2) is 8.78 Å². The van der Waals surface area contributed by atoms with Gasteiger partial charge in [-0.2, -0.15) is 0 Å². The van der Waals surface area contributed by atoms with Crippen LogP contribution < -0.4 is 5.32 Å². The van der Waals surface area contributed by atoms with E-state index < -0.39 is 11.6 Å². The van der Waals surface area contributed by atoms with Crippen molar-refractivity contribution < 1.29 is 8.78 Å². The van der Waals surface area contributed by atoms with E-state index in [-0.39, 0.29) is 18.0 Å². The average Bonchev–Trinajstić information content (AvgIpc) is 2.42. The number of halogens is 4. The normalized spacial score (nSPS) is 12.4. The van der Waals surface area contributed by atoms with Crippen molar-refractivity contribution in [2.24, 2.45) is 0 Å². The molecular weight excluding hydrogens is 303 g/mol. The average molecular weight is 316 g/mol.